The fourth-order valence-electron chi connectivity index (χ4n) is 1.24. The Hall–Kier alpha value is -0.580. The fourth-order valence-corrected chi connectivity index (χ4v) is 2.10. The highest BCUT2D eigenvalue weighted by Crippen LogP contribution is 2.19. The van der Waals surface area contributed by atoms with E-state index in [4.69, 9.17) is 11.6 Å². The van der Waals surface area contributed by atoms with Crippen molar-refractivity contribution in [3.8, 4) is 0 Å². The first kappa shape index (κ1) is 15.5. The summed E-state index contributed by atoms with van der Waals surface area (Å²) < 4.78 is 0.798. The summed E-state index contributed by atoms with van der Waals surface area (Å²) in [6, 6.07) is 5.16. The summed E-state index contributed by atoms with van der Waals surface area (Å²) in [4.78, 5) is 14.1. The van der Waals surface area contributed by atoms with Crippen molar-refractivity contribution in [1.82, 2.24) is 10.2 Å². The van der Waals surface area contributed by atoms with Gasteiger partial charge in [0.25, 0.3) is 5.91 Å². The summed E-state index contributed by atoms with van der Waals surface area (Å²) in [7, 11) is 3.98. The normalized spacial score (nSPS) is 11.7. The minimum atomic E-state index is -0.117. The Kier molecular flexibility index (Phi) is 5.20. The minimum Gasteiger partial charge on any atom is -0.350 e. The quantitative estimate of drug-likeness (QED) is 0.918. The lowest BCUT2D eigenvalue weighted by atomic mass is 10.0. The number of likely N-dealkylation sites (N-methyl/N-ethyl adjacent to an activating group) is 1. The molecule has 100 valence electrons. The number of benzene rings is 1. The Morgan fingerprint density at radius 2 is 2.00 bits per heavy atom. The first-order valence-electron chi connectivity index (χ1n) is 5.64. The highest BCUT2D eigenvalue weighted by Gasteiger charge is 2.21. The Labute approximate surface area is 122 Å². The molecule has 0 aromatic heterocycles. The van der Waals surface area contributed by atoms with Gasteiger partial charge in [-0.05, 0) is 46.1 Å². The van der Waals surface area contributed by atoms with Crippen LogP contribution in [0, 0.1) is 0 Å². The Morgan fingerprint density at radius 3 is 2.50 bits per heavy atom. The Morgan fingerprint density at radius 1 is 1.39 bits per heavy atom. The van der Waals surface area contributed by atoms with Gasteiger partial charge in [-0.3, -0.25) is 4.79 Å². The topological polar surface area (TPSA) is 32.3 Å². The minimum absolute atomic E-state index is 0.0918. The van der Waals surface area contributed by atoms with Gasteiger partial charge < -0.3 is 10.2 Å². The van der Waals surface area contributed by atoms with E-state index in [0.29, 0.717) is 17.1 Å². The van der Waals surface area contributed by atoms with E-state index in [-0.39, 0.29) is 11.4 Å². The average molecular weight is 334 g/mol. The Bertz CT molecular complexity index is 426. The van der Waals surface area contributed by atoms with Crippen molar-refractivity contribution in [2.45, 2.75) is 19.4 Å². The molecule has 1 N–H and O–H groups in total. The molecule has 0 heterocycles. The van der Waals surface area contributed by atoms with Gasteiger partial charge in [-0.1, -0.05) is 27.5 Å². The van der Waals surface area contributed by atoms with E-state index in [1.165, 1.54) is 0 Å². The number of hydrogen-bond acceptors (Lipinski definition) is 2. The van der Waals surface area contributed by atoms with Crippen LogP contribution < -0.4 is 5.32 Å². The maximum atomic E-state index is 12.0. The van der Waals surface area contributed by atoms with E-state index in [1.807, 2.05) is 14.1 Å². The van der Waals surface area contributed by atoms with Gasteiger partial charge in [0, 0.05) is 27.1 Å². The molecule has 0 unspecified atom stereocenters. The summed E-state index contributed by atoms with van der Waals surface area (Å²) >= 11 is 9.24. The molecule has 0 atom stereocenters. The van der Waals surface area contributed by atoms with Crippen LogP contribution >= 0.6 is 27.5 Å². The van der Waals surface area contributed by atoms with E-state index in [2.05, 4.69) is 40.0 Å². The molecule has 0 aliphatic heterocycles. The molecule has 1 aromatic carbocycles. The molecule has 0 saturated heterocycles. The lowest BCUT2D eigenvalue weighted by Gasteiger charge is -2.32. The number of carbonyl (C=O) groups is 1. The number of hydrogen-bond donors (Lipinski definition) is 1. The van der Waals surface area contributed by atoms with Crippen molar-refractivity contribution < 1.29 is 4.79 Å². The van der Waals surface area contributed by atoms with Crippen molar-refractivity contribution in [2.75, 3.05) is 20.6 Å². The van der Waals surface area contributed by atoms with Crippen molar-refractivity contribution in [3.63, 3.8) is 0 Å². The third-order valence-corrected chi connectivity index (χ3v) is 3.69. The lowest BCUT2D eigenvalue weighted by molar-refractivity contribution is 0.0919. The summed E-state index contributed by atoms with van der Waals surface area (Å²) in [5.74, 6) is -0.117. The van der Waals surface area contributed by atoms with Crippen LogP contribution in [0.2, 0.25) is 5.02 Å². The zero-order chi connectivity index (χ0) is 13.9. The van der Waals surface area contributed by atoms with Gasteiger partial charge in [0.1, 0.15) is 0 Å². The molecule has 0 bridgehead atoms. The molecular weight excluding hydrogens is 316 g/mol. The largest absolute Gasteiger partial charge is 0.350 e. The molecule has 1 amide bonds. The van der Waals surface area contributed by atoms with Crippen LogP contribution in [0.5, 0.6) is 0 Å². The second-order valence-corrected chi connectivity index (χ2v) is 6.40. The first-order chi connectivity index (χ1) is 8.22. The molecular formula is C13H18BrClN2O. The molecule has 1 aromatic rings. The molecule has 3 nitrogen and oxygen atoms in total. The van der Waals surface area contributed by atoms with Crippen LogP contribution in [0.4, 0.5) is 0 Å². The van der Waals surface area contributed by atoms with Crippen molar-refractivity contribution in [2.24, 2.45) is 0 Å². The van der Waals surface area contributed by atoms with Gasteiger partial charge in [0.15, 0.2) is 0 Å². The third kappa shape index (κ3) is 4.26. The van der Waals surface area contributed by atoms with Crippen LogP contribution in [-0.2, 0) is 0 Å². The smallest absolute Gasteiger partial charge is 0.251 e. The number of nitrogens with one attached hydrogen (secondary N) is 1. The highest BCUT2D eigenvalue weighted by atomic mass is 79.9. The zero-order valence-corrected chi connectivity index (χ0v) is 13.4. The van der Waals surface area contributed by atoms with Gasteiger partial charge in [0.05, 0.1) is 0 Å². The third-order valence-electron chi connectivity index (χ3n) is 3.02. The second-order valence-electron chi connectivity index (χ2n) is 5.05. The molecule has 0 radical (unpaired) electrons. The Balaban J connectivity index is 2.72. The molecule has 0 spiro atoms. The summed E-state index contributed by atoms with van der Waals surface area (Å²) in [6.07, 6.45) is 0. The lowest BCUT2D eigenvalue weighted by Crippen LogP contribution is -2.48. The van der Waals surface area contributed by atoms with Gasteiger partial charge in [0.2, 0.25) is 0 Å². The first-order valence-corrected chi connectivity index (χ1v) is 6.81. The number of carbonyl (C=O) groups excluding carboxylic acids is 1. The average Bonchev–Trinajstić information content (AvgIpc) is 2.24. The van der Waals surface area contributed by atoms with Crippen LogP contribution in [0.1, 0.15) is 24.2 Å². The maximum absolute atomic E-state index is 12.0. The van der Waals surface area contributed by atoms with E-state index < -0.39 is 0 Å². The summed E-state index contributed by atoms with van der Waals surface area (Å²) in [6.45, 7) is 4.71. The molecule has 0 saturated carbocycles. The molecule has 0 aliphatic rings. The van der Waals surface area contributed by atoms with E-state index in [1.54, 1.807) is 18.2 Å². The van der Waals surface area contributed by atoms with Crippen molar-refractivity contribution in [1.29, 1.82) is 0 Å². The monoisotopic (exact) mass is 332 g/mol. The summed E-state index contributed by atoms with van der Waals surface area (Å²) in [5, 5.41) is 3.46. The van der Waals surface area contributed by atoms with Gasteiger partial charge in [-0.2, -0.15) is 0 Å². The van der Waals surface area contributed by atoms with E-state index in [9.17, 15) is 4.79 Å². The predicted molar refractivity (Wildman–Crippen MR) is 79.3 cm³/mol. The van der Waals surface area contributed by atoms with Crippen molar-refractivity contribution in [3.05, 3.63) is 33.3 Å². The zero-order valence-electron chi connectivity index (χ0n) is 11.1. The van der Waals surface area contributed by atoms with Gasteiger partial charge in [-0.15, -0.1) is 0 Å². The molecule has 1 rings (SSSR count). The highest BCUT2D eigenvalue weighted by molar-refractivity contribution is 9.10. The second kappa shape index (κ2) is 6.04. The molecule has 0 fully saturated rings. The van der Waals surface area contributed by atoms with Crippen LogP contribution in [0.25, 0.3) is 0 Å². The van der Waals surface area contributed by atoms with Crippen molar-refractivity contribution >= 4 is 33.4 Å². The standard InChI is InChI=1S/C13H18BrClN2O/c1-13(2,17(3)4)8-16-12(18)9-5-10(14)7-11(15)6-9/h5-7H,8H2,1-4H3,(H,16,18). The summed E-state index contributed by atoms with van der Waals surface area (Å²) in [5.41, 5.74) is 0.467. The van der Waals surface area contributed by atoms with Crippen LogP contribution in [0.15, 0.2) is 22.7 Å². The number of rotatable bonds is 4. The van der Waals surface area contributed by atoms with Gasteiger partial charge >= 0.3 is 0 Å². The number of halogens is 2. The van der Waals surface area contributed by atoms with Crippen LogP contribution in [-0.4, -0.2) is 37.0 Å². The maximum Gasteiger partial charge on any atom is 0.251 e. The molecule has 18 heavy (non-hydrogen) atoms. The predicted octanol–water partition coefficient (Wildman–Crippen LogP) is 3.17. The molecule has 5 heteroatoms. The van der Waals surface area contributed by atoms with E-state index >= 15 is 0 Å². The fraction of sp³-hybridized carbons (Fsp3) is 0.462. The SMILES string of the molecule is CN(C)C(C)(C)CNC(=O)c1cc(Cl)cc(Br)c1. The van der Waals surface area contributed by atoms with Crippen LogP contribution in [0.3, 0.4) is 0 Å². The van der Waals surface area contributed by atoms with Gasteiger partial charge in [-0.25, -0.2) is 0 Å². The number of nitrogens with zero attached hydrogens (tertiary/aromatic N) is 1. The molecule has 0 aliphatic carbocycles. The van der Waals surface area contributed by atoms with E-state index in [0.717, 1.165) is 4.47 Å². The number of amides is 1.